The summed E-state index contributed by atoms with van der Waals surface area (Å²) in [5.74, 6) is -2.10. The molecule has 4 N–H and O–H groups in total. The Kier molecular flexibility index (Phi) is 7.44. The van der Waals surface area contributed by atoms with E-state index in [9.17, 15) is 22.8 Å². The van der Waals surface area contributed by atoms with Crippen LogP contribution in [0.15, 0.2) is 77.7 Å². The Hall–Kier alpha value is -3.73. The molecule has 9 nitrogen and oxygen atoms in total. The molecule has 0 bridgehead atoms. The SMILES string of the molecule is NS(=O)(=O)c1cc(C(=O)OCC(=O)Nc2ccccc2C(=O)Nc2ccccc2)ccc1Cl. The van der Waals surface area contributed by atoms with E-state index in [1.54, 1.807) is 36.4 Å². The van der Waals surface area contributed by atoms with E-state index in [4.69, 9.17) is 21.5 Å². The van der Waals surface area contributed by atoms with Crippen molar-refractivity contribution >= 4 is 50.8 Å². The highest BCUT2D eigenvalue weighted by atomic mass is 35.5. The highest BCUT2D eigenvalue weighted by molar-refractivity contribution is 7.89. The summed E-state index contributed by atoms with van der Waals surface area (Å²) in [4.78, 5) is 36.7. The number of primary sulfonamides is 1. The van der Waals surface area contributed by atoms with Crippen LogP contribution in [0.1, 0.15) is 20.7 Å². The number of anilines is 2. The monoisotopic (exact) mass is 487 g/mol. The van der Waals surface area contributed by atoms with Crippen LogP contribution in [0, 0.1) is 0 Å². The number of carbonyl (C=O) groups is 3. The lowest BCUT2D eigenvalue weighted by Crippen LogP contribution is -2.23. The third-order valence-electron chi connectivity index (χ3n) is 4.29. The number of benzene rings is 3. The summed E-state index contributed by atoms with van der Waals surface area (Å²) in [5.41, 5.74) is 0.852. The van der Waals surface area contributed by atoms with Gasteiger partial charge < -0.3 is 15.4 Å². The van der Waals surface area contributed by atoms with Crippen LogP contribution in [0.5, 0.6) is 0 Å². The predicted octanol–water partition coefficient (Wildman–Crippen LogP) is 3.04. The van der Waals surface area contributed by atoms with Crippen LogP contribution in [-0.4, -0.2) is 32.8 Å². The molecule has 0 aliphatic heterocycles. The van der Waals surface area contributed by atoms with Gasteiger partial charge in [0, 0.05) is 5.69 Å². The van der Waals surface area contributed by atoms with Crippen LogP contribution in [-0.2, 0) is 19.6 Å². The standard InChI is InChI=1S/C22H18ClN3O6S/c23-17-11-10-14(12-19(17)33(24,30)31)22(29)32-13-20(27)26-18-9-5-4-8-16(18)21(28)25-15-6-2-1-3-7-15/h1-12H,13H2,(H,25,28)(H,26,27)(H2,24,30,31). The van der Waals surface area contributed by atoms with Crippen LogP contribution in [0.4, 0.5) is 11.4 Å². The summed E-state index contributed by atoms with van der Waals surface area (Å²) in [5, 5.41) is 10.1. The number of hydrogen-bond donors (Lipinski definition) is 3. The van der Waals surface area contributed by atoms with E-state index in [0.29, 0.717) is 5.69 Å². The smallest absolute Gasteiger partial charge is 0.338 e. The molecule has 11 heteroatoms. The van der Waals surface area contributed by atoms with Crippen molar-refractivity contribution in [2.45, 2.75) is 4.90 Å². The minimum atomic E-state index is -4.15. The van der Waals surface area contributed by atoms with Gasteiger partial charge in [0.2, 0.25) is 10.0 Å². The Morgan fingerprint density at radius 3 is 2.27 bits per heavy atom. The Balaban J connectivity index is 1.65. The molecule has 3 aromatic rings. The number of esters is 1. The number of carbonyl (C=O) groups excluding carboxylic acids is 3. The van der Waals surface area contributed by atoms with Gasteiger partial charge in [0.15, 0.2) is 6.61 Å². The molecule has 0 aromatic heterocycles. The second-order valence-electron chi connectivity index (χ2n) is 6.68. The van der Waals surface area contributed by atoms with Crippen LogP contribution >= 0.6 is 11.6 Å². The van der Waals surface area contributed by atoms with Crippen molar-refractivity contribution in [1.82, 2.24) is 0 Å². The van der Waals surface area contributed by atoms with Gasteiger partial charge >= 0.3 is 5.97 Å². The average Bonchev–Trinajstić information content (AvgIpc) is 2.78. The summed E-state index contributed by atoms with van der Waals surface area (Å²) in [7, 11) is -4.15. The normalized spacial score (nSPS) is 10.8. The first-order valence-corrected chi connectivity index (χ1v) is 11.3. The van der Waals surface area contributed by atoms with Gasteiger partial charge in [-0.05, 0) is 42.5 Å². The second kappa shape index (κ2) is 10.3. The molecule has 0 aliphatic rings. The molecule has 0 radical (unpaired) electrons. The first kappa shape index (κ1) is 23.9. The molecule has 0 fully saturated rings. The lowest BCUT2D eigenvalue weighted by molar-refractivity contribution is -0.119. The Bertz CT molecular complexity index is 1310. The fourth-order valence-corrected chi connectivity index (χ4v) is 3.83. The Morgan fingerprint density at radius 2 is 1.58 bits per heavy atom. The number of hydrogen-bond acceptors (Lipinski definition) is 6. The van der Waals surface area contributed by atoms with Gasteiger partial charge in [-0.15, -0.1) is 0 Å². The summed E-state index contributed by atoms with van der Waals surface area (Å²) in [6.45, 7) is -0.680. The average molecular weight is 488 g/mol. The van der Waals surface area contributed by atoms with Gasteiger partial charge in [-0.2, -0.15) is 0 Å². The van der Waals surface area contributed by atoms with E-state index >= 15 is 0 Å². The van der Waals surface area contributed by atoms with Crippen molar-refractivity contribution in [1.29, 1.82) is 0 Å². The number of sulfonamides is 1. The van der Waals surface area contributed by atoms with E-state index in [2.05, 4.69) is 10.6 Å². The second-order valence-corrected chi connectivity index (χ2v) is 8.62. The molecular weight excluding hydrogens is 470 g/mol. The van der Waals surface area contributed by atoms with Crippen molar-refractivity contribution < 1.29 is 27.5 Å². The highest BCUT2D eigenvalue weighted by Crippen LogP contribution is 2.22. The first-order chi connectivity index (χ1) is 15.6. The fourth-order valence-electron chi connectivity index (χ4n) is 2.76. The number of para-hydroxylation sites is 2. The van der Waals surface area contributed by atoms with Crippen LogP contribution < -0.4 is 15.8 Å². The summed E-state index contributed by atoms with van der Waals surface area (Å²) in [6, 6.07) is 18.5. The number of ether oxygens (including phenoxy) is 1. The molecule has 0 aliphatic carbocycles. The molecule has 0 unspecified atom stereocenters. The van der Waals surface area contributed by atoms with E-state index in [1.807, 2.05) is 6.07 Å². The third-order valence-corrected chi connectivity index (χ3v) is 5.68. The van der Waals surface area contributed by atoms with Gasteiger partial charge in [0.1, 0.15) is 4.90 Å². The number of halogens is 1. The Morgan fingerprint density at radius 1 is 0.909 bits per heavy atom. The predicted molar refractivity (Wildman–Crippen MR) is 123 cm³/mol. The quantitative estimate of drug-likeness (QED) is 0.437. The van der Waals surface area contributed by atoms with Crippen molar-refractivity contribution in [2.75, 3.05) is 17.2 Å². The van der Waals surface area contributed by atoms with Gasteiger partial charge in [0.05, 0.1) is 21.8 Å². The number of amides is 2. The topological polar surface area (TPSA) is 145 Å². The summed E-state index contributed by atoms with van der Waals surface area (Å²) < 4.78 is 28.0. The largest absolute Gasteiger partial charge is 0.452 e. The van der Waals surface area contributed by atoms with Crippen LogP contribution in [0.3, 0.4) is 0 Å². The molecule has 0 spiro atoms. The van der Waals surface area contributed by atoms with Crippen molar-refractivity contribution in [3.63, 3.8) is 0 Å². The maximum atomic E-state index is 12.6. The lowest BCUT2D eigenvalue weighted by atomic mass is 10.1. The third kappa shape index (κ3) is 6.39. The number of rotatable bonds is 7. The molecule has 0 atom stereocenters. The molecule has 33 heavy (non-hydrogen) atoms. The maximum Gasteiger partial charge on any atom is 0.338 e. The minimum Gasteiger partial charge on any atom is -0.452 e. The van der Waals surface area contributed by atoms with Crippen molar-refractivity contribution in [3.8, 4) is 0 Å². The summed E-state index contributed by atoms with van der Waals surface area (Å²) in [6.07, 6.45) is 0. The molecule has 3 aromatic carbocycles. The van der Waals surface area contributed by atoms with Crippen LogP contribution in [0.2, 0.25) is 5.02 Å². The lowest BCUT2D eigenvalue weighted by Gasteiger charge is -2.12. The molecule has 2 amide bonds. The minimum absolute atomic E-state index is 0.154. The van der Waals surface area contributed by atoms with E-state index in [1.165, 1.54) is 24.3 Å². The first-order valence-electron chi connectivity index (χ1n) is 9.40. The van der Waals surface area contributed by atoms with E-state index < -0.39 is 39.3 Å². The van der Waals surface area contributed by atoms with Crippen LogP contribution in [0.25, 0.3) is 0 Å². The summed E-state index contributed by atoms with van der Waals surface area (Å²) >= 11 is 5.79. The van der Waals surface area contributed by atoms with Crippen molar-refractivity contribution in [2.24, 2.45) is 5.14 Å². The number of nitrogens with one attached hydrogen (secondary N) is 2. The zero-order valence-corrected chi connectivity index (χ0v) is 18.5. The van der Waals surface area contributed by atoms with Gasteiger partial charge in [-0.25, -0.2) is 18.4 Å². The molecule has 0 heterocycles. The van der Waals surface area contributed by atoms with Gasteiger partial charge in [0.25, 0.3) is 11.8 Å². The molecule has 0 saturated carbocycles. The zero-order chi connectivity index (χ0) is 24.0. The highest BCUT2D eigenvalue weighted by Gasteiger charge is 2.19. The van der Waals surface area contributed by atoms with E-state index in [0.717, 1.165) is 6.07 Å². The Labute approximate surface area is 194 Å². The molecule has 170 valence electrons. The van der Waals surface area contributed by atoms with Gasteiger partial charge in [-0.1, -0.05) is 41.9 Å². The maximum absolute atomic E-state index is 12.6. The zero-order valence-electron chi connectivity index (χ0n) is 16.9. The molecular formula is C22H18ClN3O6S. The molecule has 3 rings (SSSR count). The number of nitrogens with two attached hydrogens (primary N) is 1. The van der Waals surface area contributed by atoms with Crippen molar-refractivity contribution in [3.05, 3.63) is 88.9 Å². The van der Waals surface area contributed by atoms with E-state index in [-0.39, 0.29) is 21.8 Å². The molecule has 0 saturated heterocycles. The fraction of sp³-hybridized carbons (Fsp3) is 0.0455. The van der Waals surface area contributed by atoms with Gasteiger partial charge in [-0.3, -0.25) is 9.59 Å².